The third kappa shape index (κ3) is 4.19. The Kier molecular flexibility index (Phi) is 5.39. The maximum atomic E-state index is 12.1. The second kappa shape index (κ2) is 8.44. The van der Waals surface area contributed by atoms with Crippen LogP contribution < -0.4 is 11.1 Å². The summed E-state index contributed by atoms with van der Waals surface area (Å²) in [5, 5.41) is 2.73. The standard InChI is InChI=1S/C23H20N4O2/c24-22-14-26-16(13-27-22)7-5-6-12-25-23(28)29-15-21-19-10-3-1-8-17(19)18-9-2-4-11-20(18)21/h1-4,8-11,13-14,21H,6,12,15H2,(H2,24,27)(H,25,28). The molecule has 0 unspecified atom stereocenters. The lowest BCUT2D eigenvalue weighted by molar-refractivity contribution is 0.143. The number of amides is 1. The van der Waals surface area contributed by atoms with Gasteiger partial charge in [0.25, 0.3) is 0 Å². The van der Waals surface area contributed by atoms with E-state index in [0.717, 1.165) is 0 Å². The molecule has 6 heteroatoms. The van der Waals surface area contributed by atoms with Crippen LogP contribution in [0.2, 0.25) is 0 Å². The highest BCUT2D eigenvalue weighted by Crippen LogP contribution is 2.44. The summed E-state index contributed by atoms with van der Waals surface area (Å²) in [7, 11) is 0. The molecule has 29 heavy (non-hydrogen) atoms. The molecule has 1 amide bonds. The van der Waals surface area contributed by atoms with Gasteiger partial charge in [-0.3, -0.25) is 0 Å². The highest BCUT2D eigenvalue weighted by Gasteiger charge is 2.28. The number of nitrogen functional groups attached to an aromatic ring is 1. The van der Waals surface area contributed by atoms with Crippen molar-refractivity contribution in [2.45, 2.75) is 12.3 Å². The fraction of sp³-hybridized carbons (Fsp3) is 0.174. The minimum atomic E-state index is -0.444. The molecule has 0 aliphatic heterocycles. The van der Waals surface area contributed by atoms with E-state index in [2.05, 4.69) is 51.4 Å². The summed E-state index contributed by atoms with van der Waals surface area (Å²) >= 11 is 0. The number of fused-ring (bicyclic) bond motifs is 3. The van der Waals surface area contributed by atoms with Crippen LogP contribution in [0.1, 0.15) is 29.2 Å². The van der Waals surface area contributed by atoms with Gasteiger partial charge in [-0.05, 0) is 28.2 Å². The number of anilines is 1. The van der Waals surface area contributed by atoms with Crippen LogP contribution in [0.15, 0.2) is 60.9 Å². The zero-order chi connectivity index (χ0) is 20.1. The highest BCUT2D eigenvalue weighted by molar-refractivity contribution is 5.79. The third-order valence-electron chi connectivity index (χ3n) is 4.75. The summed E-state index contributed by atoms with van der Waals surface area (Å²) in [5.74, 6) is 6.22. The van der Waals surface area contributed by atoms with Gasteiger partial charge in [-0.2, -0.15) is 0 Å². The molecule has 0 saturated carbocycles. The van der Waals surface area contributed by atoms with Gasteiger partial charge in [-0.25, -0.2) is 14.8 Å². The van der Waals surface area contributed by atoms with Crippen molar-refractivity contribution in [3.63, 3.8) is 0 Å². The number of nitrogens with one attached hydrogen (secondary N) is 1. The summed E-state index contributed by atoms with van der Waals surface area (Å²) in [5.41, 5.74) is 10.8. The molecule has 1 aliphatic rings. The number of hydrogen-bond donors (Lipinski definition) is 2. The zero-order valence-corrected chi connectivity index (χ0v) is 15.8. The van der Waals surface area contributed by atoms with Crippen molar-refractivity contribution in [3.05, 3.63) is 77.7 Å². The number of carbonyl (C=O) groups is 1. The average Bonchev–Trinajstić information content (AvgIpc) is 3.07. The van der Waals surface area contributed by atoms with Gasteiger partial charge in [-0.1, -0.05) is 54.5 Å². The quantitative estimate of drug-likeness (QED) is 0.532. The summed E-state index contributed by atoms with van der Waals surface area (Å²) in [4.78, 5) is 20.0. The summed E-state index contributed by atoms with van der Waals surface area (Å²) in [6, 6.07) is 16.5. The predicted molar refractivity (Wildman–Crippen MR) is 111 cm³/mol. The van der Waals surface area contributed by atoms with Gasteiger partial charge >= 0.3 is 6.09 Å². The first-order chi connectivity index (χ1) is 14.2. The Balaban J connectivity index is 1.29. The Bertz CT molecular complexity index is 1040. The number of benzene rings is 2. The van der Waals surface area contributed by atoms with Crippen molar-refractivity contribution >= 4 is 11.9 Å². The molecule has 3 N–H and O–H groups in total. The van der Waals surface area contributed by atoms with Gasteiger partial charge in [0.2, 0.25) is 0 Å². The van der Waals surface area contributed by atoms with Crippen molar-refractivity contribution in [2.75, 3.05) is 18.9 Å². The zero-order valence-electron chi connectivity index (χ0n) is 15.8. The Labute approximate surface area is 169 Å². The minimum Gasteiger partial charge on any atom is -0.449 e. The molecule has 0 bridgehead atoms. The lowest BCUT2D eigenvalue weighted by Gasteiger charge is -2.14. The molecule has 0 saturated heterocycles. The molecule has 0 atom stereocenters. The van der Waals surface area contributed by atoms with Crippen molar-refractivity contribution in [1.82, 2.24) is 15.3 Å². The molecule has 1 heterocycles. The number of ether oxygens (including phenoxy) is 1. The lowest BCUT2D eigenvalue weighted by atomic mass is 9.98. The highest BCUT2D eigenvalue weighted by atomic mass is 16.5. The molecule has 1 aliphatic carbocycles. The van der Waals surface area contributed by atoms with E-state index in [9.17, 15) is 4.79 Å². The van der Waals surface area contributed by atoms with E-state index in [1.54, 1.807) is 0 Å². The van der Waals surface area contributed by atoms with E-state index < -0.39 is 6.09 Å². The molecule has 3 aromatic rings. The van der Waals surface area contributed by atoms with Gasteiger partial charge in [0, 0.05) is 18.9 Å². The third-order valence-corrected chi connectivity index (χ3v) is 4.75. The molecule has 4 rings (SSSR count). The Hall–Kier alpha value is -3.85. The van der Waals surface area contributed by atoms with Crippen LogP contribution in [-0.2, 0) is 4.74 Å². The number of hydrogen-bond acceptors (Lipinski definition) is 5. The van der Waals surface area contributed by atoms with Crippen LogP contribution in [0, 0.1) is 11.8 Å². The molecular formula is C23H20N4O2. The smallest absolute Gasteiger partial charge is 0.407 e. The monoisotopic (exact) mass is 384 g/mol. The van der Waals surface area contributed by atoms with Gasteiger partial charge in [0.1, 0.15) is 18.1 Å². The van der Waals surface area contributed by atoms with Crippen LogP contribution in [0.25, 0.3) is 11.1 Å². The normalized spacial score (nSPS) is 11.7. The maximum Gasteiger partial charge on any atom is 0.407 e. The number of nitrogens with two attached hydrogens (primary N) is 1. The van der Waals surface area contributed by atoms with Crippen LogP contribution in [0.3, 0.4) is 0 Å². The largest absolute Gasteiger partial charge is 0.449 e. The van der Waals surface area contributed by atoms with Gasteiger partial charge in [0.15, 0.2) is 0 Å². The predicted octanol–water partition coefficient (Wildman–Crippen LogP) is 3.34. The van der Waals surface area contributed by atoms with Crippen LogP contribution in [0.4, 0.5) is 10.6 Å². The number of alkyl carbamates (subject to hydrolysis) is 1. The fourth-order valence-corrected chi connectivity index (χ4v) is 3.43. The second-order valence-corrected chi connectivity index (χ2v) is 6.63. The van der Waals surface area contributed by atoms with Gasteiger partial charge in [-0.15, -0.1) is 0 Å². The minimum absolute atomic E-state index is 0.0528. The van der Waals surface area contributed by atoms with Crippen LogP contribution >= 0.6 is 0 Å². The van der Waals surface area contributed by atoms with Crippen LogP contribution in [0.5, 0.6) is 0 Å². The molecule has 144 valence electrons. The van der Waals surface area contributed by atoms with Gasteiger partial charge < -0.3 is 15.8 Å². The van der Waals surface area contributed by atoms with E-state index in [1.165, 1.54) is 34.6 Å². The van der Waals surface area contributed by atoms with Gasteiger partial charge in [0.05, 0.1) is 12.4 Å². The number of rotatable bonds is 4. The van der Waals surface area contributed by atoms with Crippen molar-refractivity contribution in [3.8, 4) is 23.0 Å². The summed E-state index contributed by atoms with van der Waals surface area (Å²) < 4.78 is 5.48. The molecule has 2 aromatic carbocycles. The fourth-order valence-electron chi connectivity index (χ4n) is 3.43. The molecule has 0 radical (unpaired) electrons. The van der Waals surface area contributed by atoms with E-state index in [4.69, 9.17) is 10.5 Å². The number of carbonyl (C=O) groups excluding carboxylic acids is 1. The van der Waals surface area contributed by atoms with E-state index in [0.29, 0.717) is 31.1 Å². The summed E-state index contributed by atoms with van der Waals surface area (Å²) in [6.45, 7) is 0.693. The Morgan fingerprint density at radius 1 is 1.03 bits per heavy atom. The molecular weight excluding hydrogens is 364 g/mol. The topological polar surface area (TPSA) is 90.1 Å². The Morgan fingerprint density at radius 2 is 1.72 bits per heavy atom. The van der Waals surface area contributed by atoms with Crippen molar-refractivity contribution in [1.29, 1.82) is 0 Å². The number of nitrogens with zero attached hydrogens (tertiary/aromatic N) is 2. The average molecular weight is 384 g/mol. The van der Waals surface area contributed by atoms with Crippen molar-refractivity contribution in [2.24, 2.45) is 0 Å². The molecule has 1 aromatic heterocycles. The number of aromatic nitrogens is 2. The van der Waals surface area contributed by atoms with E-state index in [1.807, 2.05) is 24.3 Å². The first kappa shape index (κ1) is 18.5. The summed E-state index contributed by atoms with van der Waals surface area (Å²) in [6.07, 6.45) is 3.01. The first-order valence-corrected chi connectivity index (χ1v) is 9.37. The molecule has 0 spiro atoms. The van der Waals surface area contributed by atoms with Crippen LogP contribution in [-0.4, -0.2) is 29.2 Å². The lowest BCUT2D eigenvalue weighted by Crippen LogP contribution is -2.26. The van der Waals surface area contributed by atoms with Crippen molar-refractivity contribution < 1.29 is 9.53 Å². The molecule has 6 nitrogen and oxygen atoms in total. The SMILES string of the molecule is Nc1cnc(C#CCCNC(=O)OCC2c3ccccc3-c3ccccc32)cn1. The first-order valence-electron chi connectivity index (χ1n) is 9.37. The molecule has 0 fully saturated rings. The Morgan fingerprint density at radius 3 is 2.38 bits per heavy atom. The second-order valence-electron chi connectivity index (χ2n) is 6.63. The van der Waals surface area contributed by atoms with E-state index >= 15 is 0 Å². The maximum absolute atomic E-state index is 12.1. The van der Waals surface area contributed by atoms with E-state index in [-0.39, 0.29) is 5.92 Å².